The van der Waals surface area contributed by atoms with Crippen molar-refractivity contribution in [3.8, 4) is 0 Å². The van der Waals surface area contributed by atoms with Gasteiger partial charge in [0.15, 0.2) is 0 Å². The number of nitrogen functional groups attached to an aromatic ring is 1. The zero-order valence-electron chi connectivity index (χ0n) is 15.4. The van der Waals surface area contributed by atoms with Crippen LogP contribution in [0.5, 0.6) is 0 Å². The van der Waals surface area contributed by atoms with E-state index in [1.165, 1.54) is 23.1 Å². The van der Waals surface area contributed by atoms with E-state index in [0.29, 0.717) is 18.7 Å². The van der Waals surface area contributed by atoms with Crippen LogP contribution < -0.4 is 5.73 Å². The number of carbonyl (C=O) groups excluding carboxylic acids is 2. The van der Waals surface area contributed by atoms with E-state index < -0.39 is 5.41 Å². The average Bonchev–Trinajstić information content (AvgIpc) is 3.39. The fraction of sp³-hybridized carbons (Fsp3) is 0.556. The first-order valence-corrected chi connectivity index (χ1v) is 9.95. The van der Waals surface area contributed by atoms with Crippen molar-refractivity contribution in [2.45, 2.75) is 51.2 Å². The molecule has 0 saturated carbocycles. The number of ether oxygens (including phenoxy) is 1. The molecule has 0 spiro atoms. The minimum Gasteiger partial charge on any atom is -0.469 e. The number of nitrogens with two attached hydrogens (primary N) is 1. The highest BCUT2D eigenvalue weighted by Crippen LogP contribution is 2.52. The Morgan fingerprint density at radius 1 is 1.44 bits per heavy atom. The highest BCUT2D eigenvalue weighted by Gasteiger charge is 2.62. The van der Waals surface area contributed by atoms with Gasteiger partial charge in [-0.25, -0.2) is 9.67 Å². The van der Waals surface area contributed by atoms with E-state index >= 15 is 0 Å². The lowest BCUT2D eigenvalue weighted by Gasteiger charge is -2.34. The van der Waals surface area contributed by atoms with Crippen LogP contribution in [0, 0.1) is 12.3 Å². The van der Waals surface area contributed by atoms with Gasteiger partial charge >= 0.3 is 5.97 Å². The van der Waals surface area contributed by atoms with Gasteiger partial charge in [-0.05, 0) is 26.2 Å². The van der Waals surface area contributed by atoms with Crippen LogP contribution >= 0.6 is 11.3 Å². The van der Waals surface area contributed by atoms with Crippen LogP contribution in [0.1, 0.15) is 30.7 Å². The van der Waals surface area contributed by atoms with Gasteiger partial charge in [-0.3, -0.25) is 9.59 Å². The Hall–Kier alpha value is -2.42. The molecule has 27 heavy (non-hydrogen) atoms. The number of rotatable bonds is 5. The summed E-state index contributed by atoms with van der Waals surface area (Å²) in [5.41, 5.74) is 8.62. The Morgan fingerprint density at radius 2 is 2.26 bits per heavy atom. The normalized spacial score (nSPS) is 26.5. The van der Waals surface area contributed by atoms with E-state index in [9.17, 15) is 9.59 Å². The predicted octanol–water partition coefficient (Wildman–Crippen LogP) is 1.40. The smallest absolute Gasteiger partial charge is 0.314 e. The fourth-order valence-corrected chi connectivity index (χ4v) is 5.35. The van der Waals surface area contributed by atoms with Crippen molar-refractivity contribution in [1.29, 1.82) is 0 Å². The fourth-order valence-electron chi connectivity index (χ4n) is 4.79. The van der Waals surface area contributed by atoms with Crippen molar-refractivity contribution in [2.24, 2.45) is 5.41 Å². The minimum atomic E-state index is -0.729. The summed E-state index contributed by atoms with van der Waals surface area (Å²) in [6.07, 6.45) is 2.81. The topological polar surface area (TPSA) is 103 Å². The zero-order chi connectivity index (χ0) is 19.2. The summed E-state index contributed by atoms with van der Waals surface area (Å²) in [6.45, 7) is 1.92. The zero-order valence-corrected chi connectivity index (χ0v) is 16.2. The maximum atomic E-state index is 13.1. The Bertz CT molecular complexity index is 864. The van der Waals surface area contributed by atoms with Crippen LogP contribution in [-0.4, -0.2) is 50.7 Å². The Kier molecular flexibility index (Phi) is 4.41. The van der Waals surface area contributed by atoms with Gasteiger partial charge in [0, 0.05) is 30.0 Å². The number of amides is 1. The van der Waals surface area contributed by atoms with E-state index in [1.54, 1.807) is 11.6 Å². The number of aryl methyl sites for hydroxylation is 1. The molecule has 2 bridgehead atoms. The monoisotopic (exact) mass is 389 g/mol. The first-order chi connectivity index (χ1) is 12.9. The highest BCUT2D eigenvalue weighted by atomic mass is 32.1. The summed E-state index contributed by atoms with van der Waals surface area (Å²) in [6, 6.07) is 1.60. The van der Waals surface area contributed by atoms with Crippen LogP contribution in [0.3, 0.4) is 0 Å². The van der Waals surface area contributed by atoms with Crippen molar-refractivity contribution in [2.75, 3.05) is 12.8 Å². The number of hydrogen-bond acceptors (Lipinski definition) is 7. The Balaban J connectivity index is 1.61. The third-order valence-electron chi connectivity index (χ3n) is 5.82. The van der Waals surface area contributed by atoms with Crippen molar-refractivity contribution in [3.05, 3.63) is 28.3 Å². The molecule has 0 unspecified atom stereocenters. The molecule has 2 aromatic rings. The number of aromatic nitrogens is 3. The largest absolute Gasteiger partial charge is 0.469 e. The number of fused-ring (bicyclic) bond motifs is 2. The van der Waals surface area contributed by atoms with E-state index in [1.807, 2.05) is 17.2 Å². The van der Waals surface area contributed by atoms with Crippen molar-refractivity contribution < 1.29 is 14.3 Å². The minimum absolute atomic E-state index is 0.0399. The SMILES string of the molecule is COC(=O)[C@@]1(Cc2cscn2)C[C@H]2CC[C@@H]1N2C(=O)Cn1nc(C)cc1N. The van der Waals surface area contributed by atoms with Crippen LogP contribution in [0.2, 0.25) is 0 Å². The second-order valence-electron chi connectivity index (χ2n) is 7.42. The predicted molar refractivity (Wildman–Crippen MR) is 99.9 cm³/mol. The lowest BCUT2D eigenvalue weighted by molar-refractivity contribution is -0.155. The van der Waals surface area contributed by atoms with Gasteiger partial charge in [-0.2, -0.15) is 5.10 Å². The highest BCUT2D eigenvalue weighted by molar-refractivity contribution is 7.07. The molecule has 1 amide bonds. The van der Waals surface area contributed by atoms with Gasteiger partial charge in [0.2, 0.25) is 5.91 Å². The van der Waals surface area contributed by atoms with E-state index in [0.717, 1.165) is 24.2 Å². The van der Waals surface area contributed by atoms with Gasteiger partial charge < -0.3 is 15.4 Å². The van der Waals surface area contributed by atoms with E-state index in [4.69, 9.17) is 10.5 Å². The Morgan fingerprint density at radius 3 is 2.89 bits per heavy atom. The number of esters is 1. The van der Waals surface area contributed by atoms with Gasteiger partial charge in [-0.15, -0.1) is 11.3 Å². The number of methoxy groups -OCH3 is 1. The first-order valence-electron chi connectivity index (χ1n) is 9.01. The van der Waals surface area contributed by atoms with E-state index in [-0.39, 0.29) is 30.5 Å². The number of carbonyl (C=O) groups is 2. The lowest BCUT2D eigenvalue weighted by atomic mass is 9.71. The molecule has 9 heteroatoms. The molecule has 2 aromatic heterocycles. The van der Waals surface area contributed by atoms with Crippen LogP contribution in [0.4, 0.5) is 5.82 Å². The second kappa shape index (κ2) is 6.63. The maximum absolute atomic E-state index is 13.1. The molecule has 2 aliphatic rings. The summed E-state index contributed by atoms with van der Waals surface area (Å²) < 4.78 is 6.69. The van der Waals surface area contributed by atoms with Crippen molar-refractivity contribution in [1.82, 2.24) is 19.7 Å². The number of thiazole rings is 1. The van der Waals surface area contributed by atoms with Crippen molar-refractivity contribution in [3.63, 3.8) is 0 Å². The number of anilines is 1. The molecular weight excluding hydrogens is 366 g/mol. The van der Waals surface area contributed by atoms with Gasteiger partial charge in [-0.1, -0.05) is 0 Å². The summed E-state index contributed by atoms with van der Waals surface area (Å²) in [7, 11) is 1.41. The molecule has 0 radical (unpaired) electrons. The lowest BCUT2D eigenvalue weighted by Crippen LogP contribution is -2.47. The molecule has 2 fully saturated rings. The molecule has 0 aliphatic carbocycles. The quantitative estimate of drug-likeness (QED) is 0.775. The first kappa shape index (κ1) is 18.0. The van der Waals surface area contributed by atoms with Crippen LogP contribution in [-0.2, 0) is 27.3 Å². The molecule has 144 valence electrons. The molecule has 2 N–H and O–H groups in total. The summed E-state index contributed by atoms with van der Waals surface area (Å²) >= 11 is 1.50. The molecule has 2 aliphatic heterocycles. The summed E-state index contributed by atoms with van der Waals surface area (Å²) in [5.74, 6) is 0.158. The molecular formula is C18H23N5O3S. The Labute approximate surface area is 161 Å². The van der Waals surface area contributed by atoms with Gasteiger partial charge in [0.1, 0.15) is 12.4 Å². The number of nitrogens with zero attached hydrogens (tertiary/aromatic N) is 4. The summed E-state index contributed by atoms with van der Waals surface area (Å²) in [4.78, 5) is 32.1. The summed E-state index contributed by atoms with van der Waals surface area (Å²) in [5, 5.41) is 6.24. The van der Waals surface area contributed by atoms with Crippen LogP contribution in [0.25, 0.3) is 0 Å². The molecule has 0 aromatic carbocycles. The molecule has 8 nitrogen and oxygen atoms in total. The maximum Gasteiger partial charge on any atom is 0.314 e. The molecule has 3 atom stereocenters. The third kappa shape index (κ3) is 2.90. The second-order valence-corrected chi connectivity index (χ2v) is 8.14. The van der Waals surface area contributed by atoms with E-state index in [2.05, 4.69) is 10.1 Å². The van der Waals surface area contributed by atoms with Gasteiger partial charge in [0.05, 0.1) is 29.4 Å². The molecule has 4 heterocycles. The van der Waals surface area contributed by atoms with Crippen molar-refractivity contribution >= 4 is 29.0 Å². The average molecular weight is 389 g/mol. The number of hydrogen-bond donors (Lipinski definition) is 1. The standard InChI is InChI=1S/C18H23N5O3S/c1-11-5-15(19)22(21-11)8-16(24)23-13-3-4-14(23)18(7-13,17(25)26-2)6-12-9-27-10-20-12/h5,9-10,13-14H,3-4,6-8,19H2,1-2H3/t13-,14+,18+/m1/s1. The molecule has 4 rings (SSSR count). The van der Waals surface area contributed by atoms with Crippen LogP contribution in [0.15, 0.2) is 17.0 Å². The third-order valence-corrected chi connectivity index (χ3v) is 6.45. The van der Waals surface area contributed by atoms with Gasteiger partial charge in [0.25, 0.3) is 0 Å². The molecule has 2 saturated heterocycles.